The molecule has 0 unspecified atom stereocenters. The van der Waals surface area contributed by atoms with Gasteiger partial charge in [-0.2, -0.15) is 0 Å². The maximum absolute atomic E-state index is 5.53. The highest BCUT2D eigenvalue weighted by molar-refractivity contribution is 7.99. The van der Waals surface area contributed by atoms with Crippen molar-refractivity contribution in [3.8, 4) is 112 Å². The van der Waals surface area contributed by atoms with Crippen molar-refractivity contribution < 1.29 is 0 Å². The Morgan fingerprint density at radius 3 is 1.16 bits per heavy atom. The van der Waals surface area contributed by atoms with Gasteiger partial charge in [-0.05, 0) is 207 Å². The topological polar surface area (TPSA) is 51.6 Å². The molecule has 0 N–H and O–H groups in total. The van der Waals surface area contributed by atoms with Crippen molar-refractivity contribution in [3.63, 3.8) is 0 Å². The molecule has 16 aromatic rings. The minimum absolute atomic E-state index is 0.163. The van der Waals surface area contributed by atoms with E-state index in [1.54, 1.807) is 0 Å². The van der Waals surface area contributed by atoms with Gasteiger partial charge in [0.15, 0.2) is 11.6 Å². The number of benzene rings is 14. The SMILES string of the molecule is CC1(C)c2ccccc2-c2ccc(-c3cc(-c4ccc5c(c4)C4(c6cc(-c7cc8c9c(cc(-c%10cc(-c%11ccc%12c(c%11)C%11(c%13ccccc%13S%12)c%12ccccc%12-c%12ccccc%12%11)nc(-c%11ccccc%11)n%10)cc9c7)C=CC8)ccc6S5)c5ccccc5-c5ccccc54)nc(-c4ccccc4)n3)cc21. The molecule has 6 heteroatoms. The number of aromatic nitrogens is 4. The Morgan fingerprint density at radius 1 is 0.269 bits per heavy atom. The molecule has 14 aromatic carbocycles. The van der Waals surface area contributed by atoms with E-state index in [1.165, 1.54) is 142 Å². The third-order valence-corrected chi connectivity index (χ3v) is 25.5. The van der Waals surface area contributed by atoms with Gasteiger partial charge in [0.05, 0.1) is 33.6 Å². The Kier molecular flexibility index (Phi) is 12.9. The van der Waals surface area contributed by atoms with Crippen LogP contribution in [-0.2, 0) is 22.7 Å². The molecule has 0 saturated heterocycles. The number of hydrogen-bond acceptors (Lipinski definition) is 6. The van der Waals surface area contributed by atoms with Crippen LogP contribution in [0.5, 0.6) is 0 Å². The molecule has 4 heterocycles. The van der Waals surface area contributed by atoms with Gasteiger partial charge in [0, 0.05) is 58.4 Å². The third-order valence-electron chi connectivity index (χ3n) is 23.2. The largest absolute Gasteiger partial charge is 0.228 e. The zero-order valence-electron chi connectivity index (χ0n) is 57.0. The Morgan fingerprint density at radius 2 is 0.644 bits per heavy atom. The van der Waals surface area contributed by atoms with Crippen LogP contribution in [0.1, 0.15) is 80.6 Å². The normalized spacial score (nSPS) is 14.7. The summed E-state index contributed by atoms with van der Waals surface area (Å²) in [5, 5.41) is 2.47. The Bertz CT molecular complexity index is 6350. The molecule has 2 spiro atoms. The van der Waals surface area contributed by atoms with Crippen LogP contribution < -0.4 is 0 Å². The molecule has 0 fully saturated rings. The van der Waals surface area contributed by atoms with Gasteiger partial charge in [-0.25, -0.2) is 19.9 Å². The lowest BCUT2D eigenvalue weighted by molar-refractivity contribution is 0.660. The van der Waals surface area contributed by atoms with Crippen LogP contribution in [-0.4, -0.2) is 19.9 Å². The highest BCUT2D eigenvalue weighted by atomic mass is 32.2. The molecule has 22 rings (SSSR count). The Hall–Kier alpha value is -12.1. The summed E-state index contributed by atoms with van der Waals surface area (Å²) < 4.78 is 0. The molecule has 0 saturated carbocycles. The maximum atomic E-state index is 5.53. The first-order valence-corrected chi connectivity index (χ1v) is 37.6. The van der Waals surface area contributed by atoms with Gasteiger partial charge in [-0.1, -0.05) is 286 Å². The van der Waals surface area contributed by atoms with Crippen LogP contribution in [0.25, 0.3) is 129 Å². The molecule has 0 amide bonds. The lowest BCUT2D eigenvalue weighted by Crippen LogP contribution is -2.32. The fraction of sp³-hybridized carbons (Fsp3) is 0.0612. The number of fused-ring (bicyclic) bond motifs is 21. The van der Waals surface area contributed by atoms with Crippen LogP contribution in [0.4, 0.5) is 0 Å². The molecule has 0 atom stereocenters. The van der Waals surface area contributed by atoms with Gasteiger partial charge >= 0.3 is 0 Å². The van der Waals surface area contributed by atoms with Crippen molar-refractivity contribution in [2.75, 3.05) is 0 Å². The van der Waals surface area contributed by atoms with Crippen LogP contribution >= 0.6 is 23.5 Å². The zero-order chi connectivity index (χ0) is 68.6. The Labute approximate surface area is 612 Å². The highest BCUT2D eigenvalue weighted by Gasteiger charge is 2.52. The summed E-state index contributed by atoms with van der Waals surface area (Å²) in [6.07, 6.45) is 5.48. The molecule has 486 valence electrons. The van der Waals surface area contributed by atoms with Crippen molar-refractivity contribution in [1.82, 2.24) is 19.9 Å². The monoisotopic (exact) mass is 1360 g/mol. The van der Waals surface area contributed by atoms with Crippen molar-refractivity contribution in [2.24, 2.45) is 0 Å². The second-order valence-electron chi connectivity index (χ2n) is 29.0. The molecular formula is C98H62N4S2. The Balaban J connectivity index is 0.694. The van der Waals surface area contributed by atoms with E-state index >= 15 is 0 Å². The van der Waals surface area contributed by atoms with E-state index in [2.05, 4.69) is 341 Å². The van der Waals surface area contributed by atoms with Gasteiger partial charge in [0.2, 0.25) is 0 Å². The highest BCUT2D eigenvalue weighted by Crippen LogP contribution is 2.65. The molecule has 104 heavy (non-hydrogen) atoms. The predicted molar refractivity (Wildman–Crippen MR) is 426 cm³/mol. The van der Waals surface area contributed by atoms with E-state index in [1.807, 2.05) is 23.5 Å². The smallest absolute Gasteiger partial charge is 0.160 e. The summed E-state index contributed by atoms with van der Waals surface area (Å²) >= 11 is 3.74. The summed E-state index contributed by atoms with van der Waals surface area (Å²) in [4.78, 5) is 27.0. The number of hydrogen-bond donors (Lipinski definition) is 0. The summed E-state index contributed by atoms with van der Waals surface area (Å²) in [5.41, 5.74) is 33.9. The van der Waals surface area contributed by atoms with Gasteiger partial charge in [0.25, 0.3) is 0 Å². The molecule has 6 aliphatic rings. The van der Waals surface area contributed by atoms with Gasteiger partial charge in [-0.15, -0.1) is 0 Å². The fourth-order valence-corrected chi connectivity index (χ4v) is 20.9. The molecule has 2 aromatic heterocycles. The lowest BCUT2D eigenvalue weighted by Gasteiger charge is -2.40. The van der Waals surface area contributed by atoms with Crippen LogP contribution in [0.2, 0.25) is 0 Å². The van der Waals surface area contributed by atoms with Gasteiger partial charge in [0.1, 0.15) is 0 Å². The lowest BCUT2D eigenvalue weighted by atomic mass is 9.66. The predicted octanol–water partition coefficient (Wildman–Crippen LogP) is 24.6. The maximum Gasteiger partial charge on any atom is 0.160 e. The van der Waals surface area contributed by atoms with Gasteiger partial charge < -0.3 is 0 Å². The first kappa shape index (κ1) is 59.6. The van der Waals surface area contributed by atoms with Crippen molar-refractivity contribution >= 4 is 40.4 Å². The van der Waals surface area contributed by atoms with Gasteiger partial charge in [-0.3, -0.25) is 0 Å². The molecular weight excluding hydrogens is 1300 g/mol. The summed E-state index contributed by atoms with van der Waals surface area (Å²) in [6, 6.07) is 118. The first-order chi connectivity index (χ1) is 51.2. The van der Waals surface area contributed by atoms with E-state index in [9.17, 15) is 0 Å². The van der Waals surface area contributed by atoms with Crippen LogP contribution in [0.15, 0.2) is 341 Å². The van der Waals surface area contributed by atoms with Crippen LogP contribution in [0, 0.1) is 0 Å². The summed E-state index contributed by atoms with van der Waals surface area (Å²) in [5.74, 6) is 1.39. The molecule has 2 aliphatic heterocycles. The van der Waals surface area contributed by atoms with Crippen molar-refractivity contribution in [1.29, 1.82) is 0 Å². The summed E-state index contributed by atoms with van der Waals surface area (Å²) in [6.45, 7) is 4.69. The quantitative estimate of drug-likeness (QED) is 0.158. The number of allylic oxidation sites excluding steroid dienone is 1. The molecule has 0 radical (unpaired) electrons. The standard InChI is InChI=1S/C98H62N4S2/c1-96(2)75-33-14-9-28-69(75)74-44-40-61(53-81(74)96)85-56-86(100-94(99-85)58-22-5-3-6-23-58)63-43-47-92-84(55-63)98(78-36-17-12-31-72(78)73-32-13-18-37-79(73)98)82-52-60(41-45-90(82)104-92)66-48-64-26-21-27-65-49-67(51-68(50-66)93(64)65)88-57-87(101-95(102-88)59-24-7-4-8-25-59)62-42-46-91-83(54-62)97(80-38-19-20-39-89(80)103-91)76-34-15-10-29-70(76)71-30-11-16-35-77(71)97/h3-25,27-57H,26H2,1-2H3. The summed E-state index contributed by atoms with van der Waals surface area (Å²) in [7, 11) is 0. The van der Waals surface area contributed by atoms with Crippen LogP contribution in [0.3, 0.4) is 0 Å². The second-order valence-corrected chi connectivity index (χ2v) is 31.2. The van der Waals surface area contributed by atoms with E-state index in [-0.39, 0.29) is 5.41 Å². The average molecular weight is 1360 g/mol. The van der Waals surface area contributed by atoms with E-state index in [0.29, 0.717) is 11.6 Å². The van der Waals surface area contributed by atoms with E-state index in [0.717, 1.165) is 62.6 Å². The average Bonchev–Trinajstić information content (AvgIpc) is 1.48. The first-order valence-electron chi connectivity index (χ1n) is 35.9. The minimum Gasteiger partial charge on any atom is -0.228 e. The van der Waals surface area contributed by atoms with Crippen molar-refractivity contribution in [2.45, 2.75) is 56.1 Å². The fourth-order valence-electron chi connectivity index (χ4n) is 18.6. The molecule has 4 nitrogen and oxygen atoms in total. The van der Waals surface area contributed by atoms with Crippen molar-refractivity contribution in [3.05, 3.63) is 388 Å². The minimum atomic E-state index is -0.669. The van der Waals surface area contributed by atoms with E-state index < -0.39 is 10.8 Å². The second kappa shape index (κ2) is 22.5. The number of nitrogens with zero attached hydrogens (tertiary/aromatic N) is 4. The molecule has 4 aliphatic carbocycles. The number of rotatable bonds is 7. The molecule has 0 bridgehead atoms. The van der Waals surface area contributed by atoms with E-state index in [4.69, 9.17) is 19.9 Å². The zero-order valence-corrected chi connectivity index (χ0v) is 58.6. The third kappa shape index (κ3) is 8.58.